The molecule has 0 heterocycles. The number of benzene rings is 4. The number of carbonyl (C=O) groups excluding carboxylic acids is 1. The smallest absolute Gasteiger partial charge is 0.134 e. The molecule has 0 spiro atoms. The second kappa shape index (κ2) is 60.4. The maximum atomic E-state index is 10.8. The molecule has 1 unspecified atom stereocenters. The van der Waals surface area contributed by atoms with Crippen LogP contribution in [0.15, 0.2) is 114 Å². The summed E-state index contributed by atoms with van der Waals surface area (Å²) in [5.74, 6) is 0.222. The van der Waals surface area contributed by atoms with Crippen LogP contribution in [0.25, 0.3) is 0 Å². The second-order valence-electron chi connectivity index (χ2n) is 10.9. The van der Waals surface area contributed by atoms with Crippen LogP contribution in [0.1, 0.15) is 170 Å². The number of rotatable bonds is 7. The highest BCUT2D eigenvalue weighted by Gasteiger charge is 2.02. The number of aryl methyl sites for hydroxylation is 4. The van der Waals surface area contributed by atoms with E-state index >= 15 is 0 Å². The molecule has 0 saturated heterocycles. The van der Waals surface area contributed by atoms with Crippen LogP contribution in [-0.4, -0.2) is 18.9 Å². The van der Waals surface area contributed by atoms with Gasteiger partial charge in [-0.05, 0) is 113 Å². The van der Waals surface area contributed by atoms with E-state index in [-0.39, 0.29) is 5.78 Å². The van der Waals surface area contributed by atoms with Crippen LogP contribution in [0.3, 0.4) is 0 Å². The lowest BCUT2D eigenvalue weighted by Gasteiger charge is -2.11. The normalized spacial score (nSPS) is 8.43. The highest BCUT2D eigenvalue weighted by molar-refractivity contribution is 9.10. The van der Waals surface area contributed by atoms with E-state index in [2.05, 4.69) is 117 Å². The van der Waals surface area contributed by atoms with Gasteiger partial charge < -0.3 is 5.32 Å². The molecule has 4 rings (SSSR count). The number of ketones is 1. The van der Waals surface area contributed by atoms with E-state index in [1.165, 1.54) is 43.4 Å². The number of hydrogen-bond donors (Lipinski definition) is 1. The van der Waals surface area contributed by atoms with E-state index in [1.54, 1.807) is 6.92 Å². The molecule has 2 nitrogen and oxygen atoms in total. The Bertz CT molecular complexity index is 1300. The number of allylic oxidation sites excluding steroid dienone is 1. The van der Waals surface area contributed by atoms with Crippen molar-refractivity contribution in [3.8, 4) is 0 Å². The van der Waals surface area contributed by atoms with Crippen molar-refractivity contribution in [1.82, 2.24) is 5.32 Å². The Morgan fingerprint density at radius 3 is 1.02 bits per heavy atom. The molecule has 0 aliphatic rings. The average Bonchev–Trinajstić information content (AvgIpc) is 3.27. The van der Waals surface area contributed by atoms with Gasteiger partial charge in [0.05, 0.1) is 0 Å². The fourth-order valence-corrected chi connectivity index (χ4v) is 4.32. The lowest BCUT2D eigenvalue weighted by Crippen LogP contribution is -2.23. The molecule has 4 aromatic carbocycles. The summed E-state index contributed by atoms with van der Waals surface area (Å²) in [4.78, 5) is 10.8. The minimum Gasteiger partial charge on any atom is -0.317 e. The summed E-state index contributed by atoms with van der Waals surface area (Å²) in [5, 5.41) is 3.24. The monoisotopic (exact) mass is 868 g/mol. The van der Waals surface area contributed by atoms with Crippen LogP contribution in [0.2, 0.25) is 0 Å². The van der Waals surface area contributed by atoms with Crippen molar-refractivity contribution < 1.29 is 4.79 Å². The maximum absolute atomic E-state index is 10.8. The van der Waals surface area contributed by atoms with Gasteiger partial charge in [0.25, 0.3) is 0 Å². The first-order valence-electron chi connectivity index (χ1n) is 22.6. The van der Waals surface area contributed by atoms with Gasteiger partial charge in [-0.25, -0.2) is 0 Å². The van der Waals surface area contributed by atoms with Crippen LogP contribution in [-0.2, 0) is 24.1 Å². The van der Waals surface area contributed by atoms with Crippen LogP contribution >= 0.6 is 15.9 Å². The van der Waals surface area contributed by atoms with E-state index < -0.39 is 0 Å². The zero-order chi connectivity index (χ0) is 47.5. The predicted octanol–water partition coefficient (Wildman–Crippen LogP) is 18.4. The molecule has 0 fully saturated rings. The number of carbonyl (C=O) groups is 1. The SMILES string of the molecule is C=C(C)Cc1ccccc1C.CC.CC.CC.CC.CC.CC.CC.CC.CC(=O)Cc1ccccc1C.CNC(C)Cc1ccccc1C.Cc1ccccc1Br. The molecule has 58 heavy (non-hydrogen) atoms. The van der Waals surface area contributed by atoms with E-state index in [4.69, 9.17) is 0 Å². The van der Waals surface area contributed by atoms with Crippen molar-refractivity contribution in [3.63, 3.8) is 0 Å². The molecular formula is C55H98BrNO. The number of likely N-dealkylation sites (N-methyl/N-ethyl adjacent to an activating group) is 1. The molecule has 0 aliphatic carbocycles. The van der Waals surface area contributed by atoms with Crippen LogP contribution in [0, 0.1) is 27.7 Å². The summed E-state index contributed by atoms with van der Waals surface area (Å²) >= 11 is 3.40. The summed E-state index contributed by atoms with van der Waals surface area (Å²) in [6.07, 6.45) is 2.68. The molecule has 0 radical (unpaired) electrons. The number of nitrogens with one attached hydrogen (secondary N) is 1. The highest BCUT2D eigenvalue weighted by Crippen LogP contribution is 2.13. The molecule has 0 aromatic heterocycles. The molecule has 1 atom stereocenters. The van der Waals surface area contributed by atoms with E-state index in [0.717, 1.165) is 18.4 Å². The van der Waals surface area contributed by atoms with Crippen LogP contribution in [0.5, 0.6) is 0 Å². The van der Waals surface area contributed by atoms with Crippen LogP contribution in [0.4, 0.5) is 0 Å². The third kappa shape index (κ3) is 47.1. The van der Waals surface area contributed by atoms with Crippen molar-refractivity contribution in [3.05, 3.63) is 153 Å². The Hall–Kier alpha value is -3.27. The minimum absolute atomic E-state index is 0.222. The number of hydrogen-bond acceptors (Lipinski definition) is 2. The second-order valence-corrected chi connectivity index (χ2v) is 11.8. The van der Waals surface area contributed by atoms with Crippen LogP contribution < -0.4 is 5.32 Å². The van der Waals surface area contributed by atoms with Gasteiger partial charge >= 0.3 is 0 Å². The molecule has 0 bridgehead atoms. The third-order valence-corrected chi connectivity index (χ3v) is 7.70. The minimum atomic E-state index is 0.222. The van der Waals surface area contributed by atoms with Crippen molar-refractivity contribution in [2.24, 2.45) is 0 Å². The van der Waals surface area contributed by atoms with Gasteiger partial charge in [-0.15, -0.1) is 0 Å². The first-order valence-corrected chi connectivity index (χ1v) is 23.4. The standard InChI is InChI=1S/C11H17N.C11H14.C10H12O.C7H7Br.8C2H6/c1-9-6-4-5-7-11(9)8-10(2)12-3;1-9(2)8-11-7-5-4-6-10(11)3;1-8-5-3-4-6-10(8)7-9(2)11;1-6-4-2-3-5-7(6)8;8*1-2/h4-7,10,12H,8H2,1-3H3;4-7H,1,8H2,2-3H3;3-6H,7H2,1-2H3;2-5H,1H3;8*1-2H3. The zero-order valence-electron chi connectivity index (χ0n) is 42.9. The summed E-state index contributed by atoms with van der Waals surface area (Å²) < 4.78 is 1.18. The first kappa shape index (κ1) is 72.4. The Balaban J connectivity index is -0.0000000860. The Labute approximate surface area is 374 Å². The quantitative estimate of drug-likeness (QED) is 0.188. The lowest BCUT2D eigenvalue weighted by atomic mass is 10.0. The fraction of sp³-hybridized carbons (Fsp3) is 0.509. The topological polar surface area (TPSA) is 29.1 Å². The van der Waals surface area contributed by atoms with Gasteiger partial charge in [-0.2, -0.15) is 0 Å². The van der Waals surface area contributed by atoms with E-state index in [1.807, 2.05) is 167 Å². The van der Waals surface area contributed by atoms with Gasteiger partial charge in [0.1, 0.15) is 5.78 Å². The summed E-state index contributed by atoms with van der Waals surface area (Å²) in [5.41, 5.74) is 10.4. The maximum Gasteiger partial charge on any atom is 0.134 e. The third-order valence-electron chi connectivity index (χ3n) is 6.81. The number of Topliss-reactive ketones (excluding diaryl/α,β-unsaturated/α-hetero) is 1. The van der Waals surface area contributed by atoms with Crippen molar-refractivity contribution in [2.45, 2.75) is 185 Å². The Morgan fingerprint density at radius 2 is 0.776 bits per heavy atom. The van der Waals surface area contributed by atoms with Crippen molar-refractivity contribution >= 4 is 21.7 Å². The van der Waals surface area contributed by atoms with E-state index in [9.17, 15) is 4.79 Å². The molecule has 0 amide bonds. The van der Waals surface area contributed by atoms with Crippen molar-refractivity contribution in [1.29, 1.82) is 0 Å². The lowest BCUT2D eigenvalue weighted by molar-refractivity contribution is -0.116. The van der Waals surface area contributed by atoms with Gasteiger partial charge in [0.15, 0.2) is 0 Å². The summed E-state index contributed by atoms with van der Waals surface area (Å²) in [6, 6.07) is 33.7. The molecular weight excluding hydrogens is 771 g/mol. The average molecular weight is 869 g/mol. The Morgan fingerprint density at radius 1 is 0.500 bits per heavy atom. The molecule has 0 saturated carbocycles. The zero-order valence-corrected chi connectivity index (χ0v) is 44.5. The Kier molecular flexibility index (Phi) is 75.4. The number of halogens is 1. The van der Waals surface area contributed by atoms with Gasteiger partial charge in [-0.1, -0.05) is 230 Å². The molecule has 3 heteroatoms. The molecule has 4 aromatic rings. The van der Waals surface area contributed by atoms with Gasteiger partial charge in [0, 0.05) is 16.9 Å². The van der Waals surface area contributed by atoms with Gasteiger partial charge in [-0.3, -0.25) is 4.79 Å². The summed E-state index contributed by atoms with van der Waals surface area (Å²) in [6.45, 7) is 50.2. The molecule has 0 aliphatic heterocycles. The first-order chi connectivity index (χ1) is 27.9. The highest BCUT2D eigenvalue weighted by atomic mass is 79.9. The largest absolute Gasteiger partial charge is 0.317 e. The fourth-order valence-electron chi connectivity index (χ4n) is 4.03. The predicted molar refractivity (Wildman–Crippen MR) is 278 cm³/mol. The van der Waals surface area contributed by atoms with Gasteiger partial charge in [0.2, 0.25) is 0 Å². The molecule has 336 valence electrons. The molecule has 1 N–H and O–H groups in total. The summed E-state index contributed by atoms with van der Waals surface area (Å²) in [7, 11) is 2.00. The van der Waals surface area contributed by atoms with E-state index in [0.29, 0.717) is 12.5 Å². The van der Waals surface area contributed by atoms with Crippen molar-refractivity contribution in [2.75, 3.05) is 7.05 Å².